The van der Waals surface area contributed by atoms with Crippen molar-refractivity contribution in [3.05, 3.63) is 59.8 Å². The van der Waals surface area contributed by atoms with E-state index in [2.05, 4.69) is 10.1 Å². The third kappa shape index (κ3) is 2.95. The van der Waals surface area contributed by atoms with E-state index in [-0.39, 0.29) is 5.91 Å². The summed E-state index contributed by atoms with van der Waals surface area (Å²) in [6.07, 6.45) is 3.69. The monoisotopic (exact) mass is 322 g/mol. The Morgan fingerprint density at radius 1 is 1.21 bits per heavy atom. The highest BCUT2D eigenvalue weighted by molar-refractivity contribution is 6.43. The Morgan fingerprint density at radius 3 is 2.88 bits per heavy atom. The second-order valence-electron chi connectivity index (χ2n) is 5.83. The largest absolute Gasteiger partial charge is 0.472 e. The molecule has 6 nitrogen and oxygen atoms in total. The van der Waals surface area contributed by atoms with Gasteiger partial charge in [0.2, 0.25) is 5.88 Å². The van der Waals surface area contributed by atoms with Crippen molar-refractivity contribution >= 4 is 11.6 Å². The van der Waals surface area contributed by atoms with Crippen LogP contribution in [0, 0.1) is 0 Å². The minimum absolute atomic E-state index is 0.0112. The summed E-state index contributed by atoms with van der Waals surface area (Å²) in [6, 6.07) is 11.9. The number of amides is 1. The maximum absolute atomic E-state index is 12.4. The summed E-state index contributed by atoms with van der Waals surface area (Å²) in [5.74, 6) is 0.587. The summed E-state index contributed by atoms with van der Waals surface area (Å²) in [4.78, 5) is 18.4. The van der Waals surface area contributed by atoms with Crippen LogP contribution >= 0.6 is 0 Å². The van der Waals surface area contributed by atoms with Crippen LogP contribution in [-0.4, -0.2) is 39.4 Å². The van der Waals surface area contributed by atoms with Crippen molar-refractivity contribution in [2.45, 2.75) is 19.7 Å². The number of nitrogens with zero attached hydrogens (tertiary/aromatic N) is 4. The summed E-state index contributed by atoms with van der Waals surface area (Å²) in [7, 11) is 0. The van der Waals surface area contributed by atoms with Gasteiger partial charge in [0.05, 0.1) is 25.3 Å². The zero-order valence-corrected chi connectivity index (χ0v) is 13.3. The molecule has 2 aliphatic rings. The number of rotatable bonds is 4. The molecule has 0 spiro atoms. The maximum Gasteiger partial charge on any atom is 0.272 e. The van der Waals surface area contributed by atoms with Crippen molar-refractivity contribution in [3.63, 3.8) is 0 Å². The van der Waals surface area contributed by atoms with Crippen LogP contribution in [0.15, 0.2) is 53.5 Å². The van der Waals surface area contributed by atoms with Crippen molar-refractivity contribution in [2.24, 2.45) is 4.99 Å². The number of ether oxygens (including phenoxy) is 1. The summed E-state index contributed by atoms with van der Waals surface area (Å²) < 4.78 is 7.68. The number of hydrogen-bond acceptors (Lipinski definition) is 4. The molecule has 0 saturated carbocycles. The Morgan fingerprint density at radius 2 is 2.08 bits per heavy atom. The van der Waals surface area contributed by atoms with Crippen molar-refractivity contribution in [1.29, 1.82) is 0 Å². The first kappa shape index (κ1) is 14.7. The maximum atomic E-state index is 12.4. The third-order valence-electron chi connectivity index (χ3n) is 4.15. The number of aromatic nitrogens is 2. The SMILES string of the molecule is O=C(C1=NCC=C1)N1CCn2nc(OCc3ccccc3)cc2C1. The standard InChI is InChI=1S/C18H18N4O2/c23-18(16-7-4-8-19-16)21-9-10-22-15(12-21)11-17(20-22)24-13-14-5-2-1-3-6-14/h1-7,11H,8-10,12-13H2. The molecule has 1 amide bonds. The lowest BCUT2D eigenvalue weighted by molar-refractivity contribution is -0.125. The zero-order valence-electron chi connectivity index (χ0n) is 13.3. The normalized spacial score (nSPS) is 16.0. The van der Waals surface area contributed by atoms with Crippen LogP contribution in [0.2, 0.25) is 0 Å². The molecule has 0 N–H and O–H groups in total. The van der Waals surface area contributed by atoms with Gasteiger partial charge in [-0.15, -0.1) is 5.10 Å². The minimum atomic E-state index is -0.0112. The highest BCUT2D eigenvalue weighted by Crippen LogP contribution is 2.19. The summed E-state index contributed by atoms with van der Waals surface area (Å²) in [5, 5.41) is 4.47. The quantitative estimate of drug-likeness (QED) is 0.862. The highest BCUT2D eigenvalue weighted by Gasteiger charge is 2.25. The Bertz CT molecular complexity index is 808. The lowest BCUT2D eigenvalue weighted by atomic mass is 10.2. The van der Waals surface area contributed by atoms with Crippen LogP contribution < -0.4 is 4.74 Å². The van der Waals surface area contributed by atoms with Crippen molar-refractivity contribution in [3.8, 4) is 5.88 Å². The molecular weight excluding hydrogens is 304 g/mol. The molecule has 0 radical (unpaired) electrons. The summed E-state index contributed by atoms with van der Waals surface area (Å²) in [5.41, 5.74) is 2.63. The van der Waals surface area contributed by atoms with E-state index in [1.54, 1.807) is 6.08 Å². The van der Waals surface area contributed by atoms with Crippen LogP contribution in [0.1, 0.15) is 11.3 Å². The summed E-state index contributed by atoms with van der Waals surface area (Å²) >= 11 is 0. The molecule has 0 aliphatic carbocycles. The van der Waals surface area contributed by atoms with E-state index in [1.165, 1.54) is 0 Å². The van der Waals surface area contributed by atoms with Gasteiger partial charge in [-0.1, -0.05) is 36.4 Å². The first-order valence-electron chi connectivity index (χ1n) is 8.03. The van der Waals surface area contributed by atoms with Gasteiger partial charge in [-0.3, -0.25) is 14.5 Å². The second-order valence-corrected chi connectivity index (χ2v) is 5.83. The van der Waals surface area contributed by atoms with Crippen LogP contribution in [0.25, 0.3) is 0 Å². The van der Waals surface area contributed by atoms with Gasteiger partial charge in [0.15, 0.2) is 0 Å². The molecule has 0 atom stereocenters. The van der Waals surface area contributed by atoms with Crippen LogP contribution in [0.3, 0.4) is 0 Å². The average molecular weight is 322 g/mol. The van der Waals surface area contributed by atoms with Gasteiger partial charge in [-0.2, -0.15) is 0 Å². The molecule has 24 heavy (non-hydrogen) atoms. The van der Waals surface area contributed by atoms with Gasteiger partial charge in [-0.25, -0.2) is 0 Å². The van der Waals surface area contributed by atoms with Crippen LogP contribution in [0.4, 0.5) is 0 Å². The van der Waals surface area contributed by atoms with Gasteiger partial charge in [-0.05, 0) is 11.6 Å². The van der Waals surface area contributed by atoms with E-state index < -0.39 is 0 Å². The molecule has 4 rings (SSSR count). The van der Waals surface area contributed by atoms with Gasteiger partial charge in [0.25, 0.3) is 5.91 Å². The Labute approximate surface area is 140 Å². The van der Waals surface area contributed by atoms with E-state index >= 15 is 0 Å². The zero-order chi connectivity index (χ0) is 16.4. The molecule has 0 saturated heterocycles. The van der Waals surface area contributed by atoms with Crippen LogP contribution in [0.5, 0.6) is 5.88 Å². The van der Waals surface area contributed by atoms with Gasteiger partial charge < -0.3 is 9.64 Å². The fraction of sp³-hybridized carbons (Fsp3) is 0.278. The minimum Gasteiger partial charge on any atom is -0.472 e. The Hall–Kier alpha value is -2.89. The predicted molar refractivity (Wildman–Crippen MR) is 89.9 cm³/mol. The van der Waals surface area contributed by atoms with Crippen molar-refractivity contribution < 1.29 is 9.53 Å². The molecule has 2 aromatic rings. The first-order valence-corrected chi connectivity index (χ1v) is 8.03. The molecule has 1 aromatic heterocycles. The van der Waals surface area contributed by atoms with Gasteiger partial charge >= 0.3 is 0 Å². The van der Waals surface area contributed by atoms with Crippen molar-refractivity contribution in [2.75, 3.05) is 13.1 Å². The number of carbonyl (C=O) groups excluding carboxylic acids is 1. The predicted octanol–water partition coefficient (Wildman–Crippen LogP) is 1.82. The van der Waals surface area contributed by atoms with E-state index in [0.717, 1.165) is 11.3 Å². The molecule has 3 heterocycles. The molecule has 0 fully saturated rings. The molecule has 6 heteroatoms. The number of benzene rings is 1. The molecule has 1 aromatic carbocycles. The smallest absolute Gasteiger partial charge is 0.272 e. The van der Waals surface area contributed by atoms with Gasteiger partial charge in [0.1, 0.15) is 12.3 Å². The number of hydrogen-bond donors (Lipinski definition) is 0. The molecular formula is C18H18N4O2. The topological polar surface area (TPSA) is 59.7 Å². The lowest BCUT2D eigenvalue weighted by Crippen LogP contribution is -2.41. The second kappa shape index (κ2) is 6.31. The first-order chi connectivity index (χ1) is 11.8. The van der Waals surface area contributed by atoms with Gasteiger partial charge in [0, 0.05) is 12.6 Å². The highest BCUT2D eigenvalue weighted by atomic mass is 16.5. The number of carbonyl (C=O) groups is 1. The number of aliphatic imine (C=N–C) groups is 1. The number of fused-ring (bicyclic) bond motifs is 1. The molecule has 2 aliphatic heterocycles. The van der Waals surface area contributed by atoms with E-state index in [4.69, 9.17) is 4.74 Å². The Kier molecular flexibility index (Phi) is 3.86. The lowest BCUT2D eigenvalue weighted by Gasteiger charge is -2.27. The third-order valence-corrected chi connectivity index (χ3v) is 4.15. The van der Waals surface area contributed by atoms with Crippen molar-refractivity contribution in [1.82, 2.24) is 14.7 Å². The molecule has 122 valence electrons. The molecule has 0 unspecified atom stereocenters. The van der Waals surface area contributed by atoms with E-state index in [0.29, 0.717) is 44.4 Å². The average Bonchev–Trinajstić information content (AvgIpc) is 3.29. The molecule has 0 bridgehead atoms. The fourth-order valence-corrected chi connectivity index (χ4v) is 2.88. The summed E-state index contributed by atoms with van der Waals surface area (Å²) in [6.45, 7) is 2.94. The Balaban J connectivity index is 1.42. The fourth-order valence-electron chi connectivity index (χ4n) is 2.88. The van der Waals surface area contributed by atoms with Crippen LogP contribution in [-0.2, 0) is 24.5 Å². The van der Waals surface area contributed by atoms with E-state index in [9.17, 15) is 4.79 Å². The van der Waals surface area contributed by atoms with E-state index in [1.807, 2.05) is 52.1 Å².